The summed E-state index contributed by atoms with van der Waals surface area (Å²) in [5, 5.41) is 4.18. The third-order valence-electron chi connectivity index (χ3n) is 6.79. The zero-order valence-electron chi connectivity index (χ0n) is 18.2. The molecule has 0 radical (unpaired) electrons. The first-order valence-corrected chi connectivity index (χ1v) is 12.0. The minimum atomic E-state index is -0.477. The van der Waals surface area contributed by atoms with Crippen LogP contribution in [0, 0.1) is 5.41 Å². The molecule has 1 aromatic heterocycles. The Morgan fingerprint density at radius 3 is 2.76 bits per heavy atom. The predicted octanol–water partition coefficient (Wildman–Crippen LogP) is 4.63. The van der Waals surface area contributed by atoms with Crippen LogP contribution in [-0.4, -0.2) is 47.0 Å². The summed E-state index contributed by atoms with van der Waals surface area (Å²) in [5.41, 5.74) is 3.33. The van der Waals surface area contributed by atoms with Crippen molar-refractivity contribution in [2.75, 3.05) is 26.2 Å². The number of halogens is 2. The summed E-state index contributed by atoms with van der Waals surface area (Å²) in [6.45, 7) is 4.74. The van der Waals surface area contributed by atoms with Gasteiger partial charge in [0.05, 0.1) is 15.6 Å². The molecule has 2 amide bonds. The first-order valence-electron chi connectivity index (χ1n) is 11.2. The maximum absolute atomic E-state index is 12.9. The van der Waals surface area contributed by atoms with Gasteiger partial charge < -0.3 is 14.6 Å². The van der Waals surface area contributed by atoms with Crippen molar-refractivity contribution in [3.8, 4) is 0 Å². The maximum Gasteiger partial charge on any atom is 0.417 e. The zero-order valence-corrected chi connectivity index (χ0v) is 19.7. The van der Waals surface area contributed by atoms with E-state index in [1.165, 1.54) is 0 Å². The quantitative estimate of drug-likeness (QED) is 0.560. The molecule has 0 aliphatic carbocycles. The summed E-state index contributed by atoms with van der Waals surface area (Å²) in [6.07, 6.45) is 3.23. The number of benzene rings is 2. The number of urea groups is 1. The van der Waals surface area contributed by atoms with Crippen molar-refractivity contribution in [2.45, 2.75) is 32.4 Å². The number of amides is 2. The minimum Gasteiger partial charge on any atom is -0.408 e. The van der Waals surface area contributed by atoms with Crippen LogP contribution in [0.2, 0.25) is 10.0 Å². The van der Waals surface area contributed by atoms with Crippen LogP contribution in [0.4, 0.5) is 4.79 Å². The SMILES string of the molecule is O=C(NCc1ccc2[nH]c(=O)oc2c1)N1CCCC2(CCN(Cc3ccc(Cl)c(Cl)c3)C2)C1. The highest BCUT2D eigenvalue weighted by molar-refractivity contribution is 6.42. The second kappa shape index (κ2) is 9.05. The second-order valence-electron chi connectivity index (χ2n) is 9.24. The van der Waals surface area contributed by atoms with Gasteiger partial charge in [0.1, 0.15) is 0 Å². The van der Waals surface area contributed by atoms with E-state index in [4.69, 9.17) is 27.6 Å². The lowest BCUT2D eigenvalue weighted by molar-refractivity contribution is 0.107. The summed E-state index contributed by atoms with van der Waals surface area (Å²) in [7, 11) is 0. The highest BCUT2D eigenvalue weighted by Crippen LogP contribution is 2.39. The van der Waals surface area contributed by atoms with Crippen LogP contribution in [0.15, 0.2) is 45.6 Å². The highest BCUT2D eigenvalue weighted by atomic mass is 35.5. The van der Waals surface area contributed by atoms with E-state index < -0.39 is 5.76 Å². The van der Waals surface area contributed by atoms with Gasteiger partial charge in [-0.05, 0) is 61.2 Å². The molecule has 2 aliphatic rings. The summed E-state index contributed by atoms with van der Waals surface area (Å²) in [6, 6.07) is 11.2. The van der Waals surface area contributed by atoms with Gasteiger partial charge in [-0.15, -0.1) is 0 Å². The molecule has 3 aromatic rings. The molecular weight excluding hydrogens is 463 g/mol. The lowest BCUT2D eigenvalue weighted by Crippen LogP contribution is -2.50. The molecule has 5 rings (SSSR count). The zero-order chi connectivity index (χ0) is 23.0. The van der Waals surface area contributed by atoms with Gasteiger partial charge in [0, 0.05) is 38.1 Å². The second-order valence-corrected chi connectivity index (χ2v) is 10.1. The molecule has 2 aromatic carbocycles. The van der Waals surface area contributed by atoms with Crippen molar-refractivity contribution < 1.29 is 9.21 Å². The van der Waals surface area contributed by atoms with Crippen LogP contribution in [-0.2, 0) is 13.1 Å². The summed E-state index contributed by atoms with van der Waals surface area (Å²) >= 11 is 12.2. The lowest BCUT2D eigenvalue weighted by Gasteiger charge is -2.40. The molecule has 9 heteroatoms. The van der Waals surface area contributed by atoms with Gasteiger partial charge in [-0.25, -0.2) is 9.59 Å². The highest BCUT2D eigenvalue weighted by Gasteiger charge is 2.42. The van der Waals surface area contributed by atoms with Crippen molar-refractivity contribution in [1.82, 2.24) is 20.1 Å². The summed E-state index contributed by atoms with van der Waals surface area (Å²) in [4.78, 5) is 31.3. The molecule has 7 nitrogen and oxygen atoms in total. The minimum absolute atomic E-state index is 0.0485. The number of aromatic nitrogens is 1. The smallest absolute Gasteiger partial charge is 0.408 e. The van der Waals surface area contributed by atoms with Gasteiger partial charge in [0.25, 0.3) is 0 Å². The molecular formula is C24H26Cl2N4O3. The first-order chi connectivity index (χ1) is 15.9. The van der Waals surface area contributed by atoms with Gasteiger partial charge in [0.2, 0.25) is 0 Å². The first kappa shape index (κ1) is 22.3. The monoisotopic (exact) mass is 488 g/mol. The number of oxazole rings is 1. The van der Waals surface area contributed by atoms with E-state index in [0.717, 1.165) is 63.1 Å². The lowest BCUT2D eigenvalue weighted by atomic mass is 9.79. The van der Waals surface area contributed by atoms with Crippen molar-refractivity contribution >= 4 is 40.3 Å². The van der Waals surface area contributed by atoms with Crippen molar-refractivity contribution in [1.29, 1.82) is 0 Å². The number of hydrogen-bond donors (Lipinski definition) is 2. The number of nitrogens with zero attached hydrogens (tertiary/aromatic N) is 2. The maximum atomic E-state index is 12.9. The van der Waals surface area contributed by atoms with Crippen LogP contribution in [0.5, 0.6) is 0 Å². The molecule has 33 heavy (non-hydrogen) atoms. The Morgan fingerprint density at radius 1 is 1.06 bits per heavy atom. The van der Waals surface area contributed by atoms with E-state index in [9.17, 15) is 9.59 Å². The Morgan fingerprint density at radius 2 is 1.91 bits per heavy atom. The van der Waals surface area contributed by atoms with Gasteiger partial charge in [0.15, 0.2) is 5.58 Å². The Kier molecular flexibility index (Phi) is 6.12. The molecule has 1 unspecified atom stereocenters. The molecule has 174 valence electrons. The fraction of sp³-hybridized carbons (Fsp3) is 0.417. The van der Waals surface area contributed by atoms with Crippen LogP contribution >= 0.6 is 23.2 Å². The number of carbonyl (C=O) groups is 1. The Labute approximate surface area is 201 Å². The van der Waals surface area contributed by atoms with E-state index in [1.54, 1.807) is 12.1 Å². The molecule has 3 heterocycles. The van der Waals surface area contributed by atoms with E-state index in [2.05, 4.69) is 15.2 Å². The molecule has 1 spiro atoms. The van der Waals surface area contributed by atoms with Gasteiger partial charge in [-0.1, -0.05) is 35.3 Å². The Hall–Kier alpha value is -2.48. The van der Waals surface area contributed by atoms with E-state index in [0.29, 0.717) is 27.7 Å². The number of rotatable bonds is 4. The molecule has 0 saturated carbocycles. The number of H-pyrrole nitrogens is 1. The number of likely N-dealkylation sites (tertiary alicyclic amines) is 2. The fourth-order valence-electron chi connectivity index (χ4n) is 5.16. The van der Waals surface area contributed by atoms with Gasteiger partial charge in [-0.3, -0.25) is 9.88 Å². The summed E-state index contributed by atoms with van der Waals surface area (Å²) < 4.78 is 5.11. The largest absolute Gasteiger partial charge is 0.417 e. The molecule has 2 N–H and O–H groups in total. The van der Waals surface area contributed by atoms with E-state index in [-0.39, 0.29) is 11.4 Å². The number of aromatic amines is 1. The summed E-state index contributed by atoms with van der Waals surface area (Å²) in [5.74, 6) is -0.477. The Balaban J connectivity index is 1.17. The van der Waals surface area contributed by atoms with Crippen molar-refractivity contribution in [3.63, 3.8) is 0 Å². The normalized spacial score (nSPS) is 21.2. The number of fused-ring (bicyclic) bond motifs is 1. The Bertz CT molecular complexity index is 1240. The van der Waals surface area contributed by atoms with Crippen LogP contribution in [0.25, 0.3) is 11.1 Å². The molecule has 2 fully saturated rings. The van der Waals surface area contributed by atoms with E-state index >= 15 is 0 Å². The predicted molar refractivity (Wildman–Crippen MR) is 129 cm³/mol. The number of piperidine rings is 1. The molecule has 0 bridgehead atoms. The van der Waals surface area contributed by atoms with E-state index in [1.807, 2.05) is 29.2 Å². The number of nitrogens with one attached hydrogen (secondary N) is 2. The standard InChI is InChI=1S/C24H26Cl2N4O3/c25-18-4-2-17(10-19(18)26)13-29-9-7-24(14-29)6-1-8-30(15-24)22(31)27-12-16-3-5-20-21(11-16)33-23(32)28-20/h2-5,10-11H,1,6-9,12-15H2,(H,27,31)(H,28,32). The number of hydrogen-bond acceptors (Lipinski definition) is 4. The van der Waals surface area contributed by atoms with Gasteiger partial charge >= 0.3 is 11.8 Å². The van der Waals surface area contributed by atoms with Gasteiger partial charge in [-0.2, -0.15) is 0 Å². The average molecular weight is 489 g/mol. The third-order valence-corrected chi connectivity index (χ3v) is 7.52. The topological polar surface area (TPSA) is 81.6 Å². The number of carbonyl (C=O) groups excluding carboxylic acids is 1. The molecule has 2 saturated heterocycles. The molecule has 2 aliphatic heterocycles. The third kappa shape index (κ3) is 4.90. The van der Waals surface area contributed by atoms with Crippen molar-refractivity contribution in [3.05, 3.63) is 68.1 Å². The molecule has 1 atom stereocenters. The van der Waals surface area contributed by atoms with Crippen molar-refractivity contribution in [2.24, 2.45) is 5.41 Å². The fourth-order valence-corrected chi connectivity index (χ4v) is 5.48. The van der Waals surface area contributed by atoms with Crippen LogP contribution in [0.1, 0.15) is 30.4 Å². The average Bonchev–Trinajstić information content (AvgIpc) is 3.36. The van der Waals surface area contributed by atoms with Crippen LogP contribution in [0.3, 0.4) is 0 Å². The van der Waals surface area contributed by atoms with Crippen LogP contribution < -0.4 is 11.1 Å².